The first kappa shape index (κ1) is 27.4. The molecule has 1 aromatic carbocycles. The standard InChI is InChI=1S/C27H22F6N4O4/c1-24-9-14(11-40-18-8-17(27(31,32)33)35-21(36-18)12-3-4-12)25(2,41-24)20-19(24)22(38)37(23(20)39)15-6-5-13(10-34)16(7-15)26(28,29)30/h5-8,12,14,19-20H,3-4,9,11H2,1-2H3/t14-,19+,20-,24+,25-/m0/s1. The van der Waals surface area contributed by atoms with Crippen LogP contribution in [0, 0.1) is 29.1 Å². The molecule has 1 aliphatic carbocycles. The molecule has 2 bridgehead atoms. The van der Waals surface area contributed by atoms with Crippen LogP contribution in [0.15, 0.2) is 24.3 Å². The Morgan fingerprint density at radius 2 is 1.73 bits per heavy atom. The lowest BCUT2D eigenvalue weighted by molar-refractivity contribution is -0.141. The minimum atomic E-state index is -4.89. The Balaban J connectivity index is 1.28. The van der Waals surface area contributed by atoms with Crippen molar-refractivity contribution in [3.8, 4) is 11.9 Å². The summed E-state index contributed by atoms with van der Waals surface area (Å²) in [5.41, 5.74) is -5.82. The summed E-state index contributed by atoms with van der Waals surface area (Å²) in [6, 6.07) is 4.80. The third-order valence-corrected chi connectivity index (χ3v) is 8.57. The maximum absolute atomic E-state index is 13.6. The number of aromatic nitrogens is 2. The predicted molar refractivity (Wildman–Crippen MR) is 126 cm³/mol. The van der Waals surface area contributed by atoms with Crippen molar-refractivity contribution >= 4 is 17.5 Å². The second-order valence-electron chi connectivity index (χ2n) is 11.3. The molecule has 4 heterocycles. The Bertz CT molecular complexity index is 1520. The first-order valence-corrected chi connectivity index (χ1v) is 12.8. The topological polar surface area (TPSA) is 105 Å². The van der Waals surface area contributed by atoms with E-state index < -0.39 is 69.9 Å². The summed E-state index contributed by atoms with van der Waals surface area (Å²) >= 11 is 0. The number of hydrogen-bond acceptors (Lipinski definition) is 7. The number of fused-ring (bicyclic) bond motifs is 5. The fourth-order valence-electron chi connectivity index (χ4n) is 6.54. The second-order valence-corrected chi connectivity index (χ2v) is 11.3. The van der Waals surface area contributed by atoms with Crippen molar-refractivity contribution in [1.82, 2.24) is 9.97 Å². The minimum Gasteiger partial charge on any atom is -0.477 e. The number of anilines is 1. The van der Waals surface area contributed by atoms with Crippen LogP contribution in [0.25, 0.3) is 0 Å². The van der Waals surface area contributed by atoms with Crippen LogP contribution in [-0.4, -0.2) is 39.6 Å². The van der Waals surface area contributed by atoms with E-state index >= 15 is 0 Å². The lowest BCUT2D eigenvalue weighted by atomic mass is 9.64. The smallest absolute Gasteiger partial charge is 0.433 e. The number of alkyl halides is 6. The number of benzene rings is 1. The molecule has 6 rings (SSSR count). The van der Waals surface area contributed by atoms with E-state index in [9.17, 15) is 35.9 Å². The molecular weight excluding hydrogens is 558 g/mol. The molecule has 0 N–H and O–H groups in total. The highest BCUT2D eigenvalue weighted by Crippen LogP contribution is 2.63. The molecule has 0 unspecified atom stereocenters. The van der Waals surface area contributed by atoms with Gasteiger partial charge in [-0.3, -0.25) is 9.59 Å². The van der Waals surface area contributed by atoms with Crippen LogP contribution in [-0.2, 0) is 26.7 Å². The molecule has 0 spiro atoms. The molecule has 14 heteroatoms. The van der Waals surface area contributed by atoms with E-state index in [1.807, 2.05) is 0 Å². The summed E-state index contributed by atoms with van der Waals surface area (Å²) in [6.45, 7) is 3.05. The van der Waals surface area contributed by atoms with Gasteiger partial charge in [-0.1, -0.05) is 0 Å². The van der Waals surface area contributed by atoms with Gasteiger partial charge >= 0.3 is 12.4 Å². The summed E-state index contributed by atoms with van der Waals surface area (Å²) in [5, 5.41) is 9.09. The molecule has 4 aliphatic rings. The van der Waals surface area contributed by atoms with Gasteiger partial charge in [0, 0.05) is 17.9 Å². The van der Waals surface area contributed by atoms with Crippen molar-refractivity contribution in [1.29, 1.82) is 5.26 Å². The highest BCUT2D eigenvalue weighted by molar-refractivity contribution is 6.23. The quantitative estimate of drug-likeness (QED) is 0.362. The molecule has 3 aliphatic heterocycles. The van der Waals surface area contributed by atoms with E-state index in [0.717, 1.165) is 12.1 Å². The third kappa shape index (κ3) is 4.24. The lowest BCUT2D eigenvalue weighted by Gasteiger charge is -2.35. The molecule has 2 amide bonds. The molecule has 1 aromatic heterocycles. The fraction of sp³-hybridized carbons (Fsp3) is 0.519. The number of rotatable bonds is 5. The number of hydrogen-bond donors (Lipinski definition) is 0. The van der Waals surface area contributed by atoms with Crippen LogP contribution in [0.2, 0.25) is 0 Å². The Labute approximate surface area is 229 Å². The van der Waals surface area contributed by atoms with Crippen molar-refractivity contribution in [3.05, 3.63) is 46.9 Å². The Morgan fingerprint density at radius 3 is 2.34 bits per heavy atom. The summed E-state index contributed by atoms with van der Waals surface area (Å²) in [5.74, 6) is -4.47. The van der Waals surface area contributed by atoms with Gasteiger partial charge in [-0.05, 0) is 51.3 Å². The Hall–Kier alpha value is -3.73. The van der Waals surface area contributed by atoms with Crippen molar-refractivity contribution in [3.63, 3.8) is 0 Å². The molecule has 1 saturated carbocycles. The van der Waals surface area contributed by atoms with Crippen molar-refractivity contribution in [2.45, 2.75) is 62.6 Å². The van der Waals surface area contributed by atoms with Crippen LogP contribution < -0.4 is 9.64 Å². The zero-order chi connectivity index (χ0) is 29.7. The second kappa shape index (κ2) is 8.64. The molecule has 41 heavy (non-hydrogen) atoms. The Kier molecular flexibility index (Phi) is 5.78. The van der Waals surface area contributed by atoms with E-state index in [2.05, 4.69) is 9.97 Å². The molecular formula is C27H22F6N4O4. The summed E-state index contributed by atoms with van der Waals surface area (Å²) in [6.07, 6.45) is -8.03. The molecule has 5 atom stereocenters. The van der Waals surface area contributed by atoms with Gasteiger partial charge in [-0.2, -0.15) is 36.6 Å². The third-order valence-electron chi connectivity index (χ3n) is 8.57. The number of carbonyl (C=O) groups is 2. The van der Waals surface area contributed by atoms with E-state index in [0.29, 0.717) is 29.9 Å². The van der Waals surface area contributed by atoms with Gasteiger partial charge in [0.2, 0.25) is 17.7 Å². The zero-order valence-electron chi connectivity index (χ0n) is 21.6. The van der Waals surface area contributed by atoms with E-state index in [-0.39, 0.29) is 36.3 Å². The number of amides is 2. The van der Waals surface area contributed by atoms with Crippen LogP contribution in [0.5, 0.6) is 5.88 Å². The summed E-state index contributed by atoms with van der Waals surface area (Å²) < 4.78 is 92.9. The zero-order valence-corrected chi connectivity index (χ0v) is 21.6. The van der Waals surface area contributed by atoms with E-state index in [4.69, 9.17) is 14.7 Å². The van der Waals surface area contributed by atoms with Gasteiger partial charge in [-0.15, -0.1) is 0 Å². The van der Waals surface area contributed by atoms with E-state index in [1.54, 1.807) is 13.8 Å². The Morgan fingerprint density at radius 1 is 1.05 bits per heavy atom. The van der Waals surface area contributed by atoms with Gasteiger partial charge < -0.3 is 9.47 Å². The van der Waals surface area contributed by atoms with Gasteiger partial charge in [0.15, 0.2) is 5.69 Å². The van der Waals surface area contributed by atoms with Crippen LogP contribution in [0.1, 0.15) is 61.7 Å². The van der Waals surface area contributed by atoms with Gasteiger partial charge in [0.1, 0.15) is 5.82 Å². The normalized spacial score (nSPS) is 31.0. The SMILES string of the molecule is C[C@]12O[C@](C)(C[C@H]1COc1cc(C(F)(F)F)nc(C3CC3)n1)[C@H]1C(=O)N(c3ccc(C#N)c(C(F)(F)F)c3)C(=O)[C@H]12. The summed E-state index contributed by atoms with van der Waals surface area (Å²) in [7, 11) is 0. The van der Waals surface area contributed by atoms with Gasteiger partial charge in [0.25, 0.3) is 0 Å². The van der Waals surface area contributed by atoms with Gasteiger partial charge in [0.05, 0.1) is 52.5 Å². The minimum absolute atomic E-state index is 0.0464. The summed E-state index contributed by atoms with van der Waals surface area (Å²) in [4.78, 5) is 35.6. The maximum Gasteiger partial charge on any atom is 0.433 e. The van der Waals surface area contributed by atoms with Crippen LogP contribution >= 0.6 is 0 Å². The largest absolute Gasteiger partial charge is 0.477 e. The number of imide groups is 1. The van der Waals surface area contributed by atoms with Crippen LogP contribution in [0.3, 0.4) is 0 Å². The molecule has 0 radical (unpaired) electrons. The highest BCUT2D eigenvalue weighted by atomic mass is 19.4. The lowest BCUT2D eigenvalue weighted by Crippen LogP contribution is -2.48. The number of nitriles is 1. The fourth-order valence-corrected chi connectivity index (χ4v) is 6.54. The van der Waals surface area contributed by atoms with E-state index in [1.165, 1.54) is 6.07 Å². The average Bonchev–Trinajstić information content (AvgIpc) is 3.59. The predicted octanol–water partition coefficient (Wildman–Crippen LogP) is 5.02. The van der Waals surface area contributed by atoms with Crippen molar-refractivity contribution in [2.24, 2.45) is 17.8 Å². The molecule has 3 saturated heterocycles. The monoisotopic (exact) mass is 580 g/mol. The molecule has 8 nitrogen and oxygen atoms in total. The average molecular weight is 580 g/mol. The number of halogens is 6. The first-order valence-electron chi connectivity index (χ1n) is 12.8. The van der Waals surface area contributed by atoms with Crippen molar-refractivity contribution in [2.75, 3.05) is 11.5 Å². The number of nitrogens with zero attached hydrogens (tertiary/aromatic N) is 4. The van der Waals surface area contributed by atoms with Gasteiger partial charge in [-0.25, -0.2) is 9.88 Å². The number of carbonyl (C=O) groups excluding carboxylic acids is 2. The maximum atomic E-state index is 13.6. The first-order chi connectivity index (χ1) is 19.1. The molecule has 4 fully saturated rings. The number of ether oxygens (including phenoxy) is 2. The molecule has 2 aromatic rings. The highest BCUT2D eigenvalue weighted by Gasteiger charge is 2.75. The van der Waals surface area contributed by atoms with Crippen molar-refractivity contribution < 1.29 is 45.4 Å². The molecule has 216 valence electrons. The van der Waals surface area contributed by atoms with Crippen LogP contribution in [0.4, 0.5) is 32.0 Å².